The highest BCUT2D eigenvalue weighted by atomic mass is 32.2. The molecular weight excluding hydrogens is 200 g/mol. The van der Waals surface area contributed by atoms with Crippen molar-refractivity contribution in [1.29, 1.82) is 0 Å². The van der Waals surface area contributed by atoms with E-state index >= 15 is 0 Å². The lowest BCUT2D eigenvalue weighted by Gasteiger charge is -2.06. The highest BCUT2D eigenvalue weighted by molar-refractivity contribution is 8.20. The van der Waals surface area contributed by atoms with Crippen LogP contribution in [0.2, 0.25) is 0 Å². The maximum atomic E-state index is 8.87. The van der Waals surface area contributed by atoms with Crippen molar-refractivity contribution >= 4 is 23.5 Å². The van der Waals surface area contributed by atoms with Crippen LogP contribution in [0.3, 0.4) is 0 Å². The van der Waals surface area contributed by atoms with E-state index in [1.807, 2.05) is 23.5 Å². The summed E-state index contributed by atoms with van der Waals surface area (Å²) in [5.74, 6) is 1.25. The molecule has 1 saturated heterocycles. The Hall–Kier alpha value is 0.660. The van der Waals surface area contributed by atoms with Crippen molar-refractivity contribution in [3.63, 3.8) is 0 Å². The van der Waals surface area contributed by atoms with Crippen molar-refractivity contribution in [1.82, 2.24) is 0 Å². The van der Waals surface area contributed by atoms with Gasteiger partial charge < -0.3 is 5.11 Å². The number of rotatable bonds is 4. The maximum absolute atomic E-state index is 8.87. The molecule has 1 N–H and O–H groups in total. The first kappa shape index (κ1) is 16.1. The molecular formula is C10H24OS2. The average Bonchev–Trinajstić information content (AvgIpc) is 2.48. The van der Waals surface area contributed by atoms with Gasteiger partial charge in [0.1, 0.15) is 0 Å². The fraction of sp³-hybridized carbons (Fsp3) is 1.00. The zero-order valence-electron chi connectivity index (χ0n) is 6.95. The van der Waals surface area contributed by atoms with Gasteiger partial charge in [-0.15, -0.1) is 23.5 Å². The van der Waals surface area contributed by atoms with Crippen LogP contribution in [-0.2, 0) is 0 Å². The highest BCUT2D eigenvalue weighted by Gasteiger charge is 2.24. The number of aliphatic hydroxyl groups is 1. The Balaban J connectivity index is 0. The third-order valence-electron chi connectivity index (χ3n) is 1.84. The first-order chi connectivity index (χ1) is 5.36. The topological polar surface area (TPSA) is 20.2 Å². The zero-order valence-corrected chi connectivity index (χ0v) is 8.59. The second-order valence-electron chi connectivity index (χ2n) is 2.85. The molecule has 0 bridgehead atoms. The van der Waals surface area contributed by atoms with Crippen LogP contribution >= 0.6 is 23.5 Å². The molecule has 2 unspecified atom stereocenters. The molecule has 0 amide bonds. The standard InChI is InChI=1S/C8H16OS2.2CH4/c1-2-3-4-7-6-10-8(5-9)11-7;;/h7-9H,2-6H2,1H3;2*1H4. The number of aliphatic hydroxyl groups excluding tert-OH is 1. The van der Waals surface area contributed by atoms with Crippen LogP contribution < -0.4 is 0 Å². The van der Waals surface area contributed by atoms with E-state index < -0.39 is 0 Å². The molecule has 0 aromatic carbocycles. The Labute approximate surface area is 92.1 Å². The van der Waals surface area contributed by atoms with Gasteiger partial charge in [-0.05, 0) is 6.42 Å². The lowest BCUT2D eigenvalue weighted by Crippen LogP contribution is -2.02. The molecule has 0 aromatic heterocycles. The van der Waals surface area contributed by atoms with Gasteiger partial charge in [-0.2, -0.15) is 0 Å². The predicted molar refractivity (Wildman–Crippen MR) is 67.7 cm³/mol. The Bertz CT molecular complexity index is 109. The molecule has 82 valence electrons. The van der Waals surface area contributed by atoms with E-state index in [0.717, 1.165) is 5.25 Å². The van der Waals surface area contributed by atoms with Crippen molar-refractivity contribution < 1.29 is 5.11 Å². The Kier molecular flexibility index (Phi) is 11.4. The fourth-order valence-corrected chi connectivity index (χ4v) is 4.28. The summed E-state index contributed by atoms with van der Waals surface area (Å²) in [4.78, 5) is 0. The second-order valence-corrected chi connectivity index (χ2v) is 5.89. The average molecular weight is 224 g/mol. The highest BCUT2D eigenvalue weighted by Crippen LogP contribution is 2.39. The molecule has 1 heterocycles. The summed E-state index contributed by atoms with van der Waals surface area (Å²) in [6.45, 7) is 2.58. The van der Waals surface area contributed by atoms with Crippen LogP contribution in [-0.4, -0.2) is 27.3 Å². The number of unbranched alkanes of at least 4 members (excludes halogenated alkanes) is 1. The monoisotopic (exact) mass is 224 g/mol. The van der Waals surface area contributed by atoms with Crippen LogP contribution in [0.15, 0.2) is 0 Å². The summed E-state index contributed by atoms with van der Waals surface area (Å²) in [5.41, 5.74) is 0. The van der Waals surface area contributed by atoms with Crippen molar-refractivity contribution in [2.24, 2.45) is 0 Å². The molecule has 1 aliphatic rings. The summed E-state index contributed by atoms with van der Waals surface area (Å²) in [5, 5.41) is 9.68. The minimum Gasteiger partial charge on any atom is -0.394 e. The van der Waals surface area contributed by atoms with E-state index in [9.17, 15) is 0 Å². The first-order valence-corrected chi connectivity index (χ1v) is 6.24. The summed E-state index contributed by atoms with van der Waals surface area (Å²) in [7, 11) is 0. The molecule has 0 spiro atoms. The lowest BCUT2D eigenvalue weighted by molar-refractivity contribution is 0.316. The molecule has 1 nitrogen and oxygen atoms in total. The van der Waals surface area contributed by atoms with E-state index in [4.69, 9.17) is 5.11 Å². The van der Waals surface area contributed by atoms with E-state index in [1.54, 1.807) is 0 Å². The number of hydrogen-bond donors (Lipinski definition) is 1. The smallest absolute Gasteiger partial charge is 0.0736 e. The summed E-state index contributed by atoms with van der Waals surface area (Å²) in [6.07, 6.45) is 3.98. The molecule has 1 aliphatic heterocycles. The van der Waals surface area contributed by atoms with E-state index in [2.05, 4.69) is 6.92 Å². The third-order valence-corrected chi connectivity index (χ3v) is 5.15. The van der Waals surface area contributed by atoms with Crippen LogP contribution in [0, 0.1) is 0 Å². The van der Waals surface area contributed by atoms with E-state index in [0.29, 0.717) is 11.2 Å². The Morgan fingerprint density at radius 1 is 1.38 bits per heavy atom. The zero-order chi connectivity index (χ0) is 8.10. The fourth-order valence-electron chi connectivity index (χ4n) is 1.19. The third kappa shape index (κ3) is 5.87. The largest absolute Gasteiger partial charge is 0.394 e. The van der Waals surface area contributed by atoms with Gasteiger partial charge in [-0.1, -0.05) is 34.6 Å². The molecule has 0 aromatic rings. The van der Waals surface area contributed by atoms with Gasteiger partial charge in [0, 0.05) is 11.0 Å². The van der Waals surface area contributed by atoms with Crippen molar-refractivity contribution in [2.45, 2.75) is 50.9 Å². The maximum Gasteiger partial charge on any atom is 0.0736 e. The summed E-state index contributed by atoms with van der Waals surface area (Å²) >= 11 is 3.88. The molecule has 1 rings (SSSR count). The van der Waals surface area contributed by atoms with E-state index in [1.165, 1.54) is 25.0 Å². The number of hydrogen-bond acceptors (Lipinski definition) is 3. The molecule has 0 saturated carbocycles. The lowest BCUT2D eigenvalue weighted by atomic mass is 10.2. The van der Waals surface area contributed by atoms with E-state index in [-0.39, 0.29) is 14.9 Å². The van der Waals surface area contributed by atoms with Gasteiger partial charge in [0.2, 0.25) is 0 Å². The quantitative estimate of drug-likeness (QED) is 0.787. The molecule has 2 atom stereocenters. The molecule has 1 fully saturated rings. The number of thioether (sulfide) groups is 2. The van der Waals surface area contributed by atoms with Gasteiger partial charge in [0.15, 0.2) is 0 Å². The van der Waals surface area contributed by atoms with Crippen molar-refractivity contribution in [2.75, 3.05) is 12.4 Å². The second kappa shape index (κ2) is 9.22. The molecule has 0 radical (unpaired) electrons. The van der Waals surface area contributed by atoms with Crippen LogP contribution in [0.25, 0.3) is 0 Å². The van der Waals surface area contributed by atoms with Crippen molar-refractivity contribution in [3.05, 3.63) is 0 Å². The SMILES string of the molecule is C.C.CCCCC1CSC(CO)S1. The van der Waals surface area contributed by atoms with Crippen LogP contribution in [0.1, 0.15) is 41.0 Å². The summed E-state index contributed by atoms with van der Waals surface area (Å²) in [6, 6.07) is 0. The Morgan fingerprint density at radius 3 is 2.54 bits per heavy atom. The molecule has 3 heteroatoms. The first-order valence-electron chi connectivity index (χ1n) is 4.24. The van der Waals surface area contributed by atoms with Gasteiger partial charge in [0.25, 0.3) is 0 Å². The normalized spacial score (nSPS) is 26.3. The van der Waals surface area contributed by atoms with Crippen LogP contribution in [0.5, 0.6) is 0 Å². The van der Waals surface area contributed by atoms with Gasteiger partial charge >= 0.3 is 0 Å². The molecule has 13 heavy (non-hydrogen) atoms. The van der Waals surface area contributed by atoms with Crippen molar-refractivity contribution in [3.8, 4) is 0 Å². The van der Waals surface area contributed by atoms with Gasteiger partial charge in [-0.3, -0.25) is 0 Å². The minimum absolute atomic E-state index is 0. The van der Waals surface area contributed by atoms with Crippen LogP contribution in [0.4, 0.5) is 0 Å². The molecule has 0 aliphatic carbocycles. The minimum atomic E-state index is 0. The Morgan fingerprint density at radius 2 is 2.08 bits per heavy atom. The summed E-state index contributed by atoms with van der Waals surface area (Å²) < 4.78 is 0.469. The predicted octanol–water partition coefficient (Wildman–Crippen LogP) is 3.62. The van der Waals surface area contributed by atoms with Gasteiger partial charge in [-0.25, -0.2) is 0 Å². The van der Waals surface area contributed by atoms with Gasteiger partial charge in [0.05, 0.1) is 11.2 Å².